The van der Waals surface area contributed by atoms with Crippen LogP contribution in [0, 0.1) is 5.82 Å². The van der Waals surface area contributed by atoms with Crippen LogP contribution in [0.4, 0.5) is 9.18 Å². The van der Waals surface area contributed by atoms with E-state index < -0.39 is 30.2 Å². The SMILES string of the molecule is CN(Cc1ccc(B2OC(C)(C)C(C)(C)O2)c(F)c1)C(=O)O. The zero-order valence-electron chi connectivity index (χ0n) is 13.5. The Labute approximate surface area is 130 Å². The standard InChI is InChI=1S/C15H21BFNO4/c1-14(2)15(3,4)22-16(21-14)11-7-6-10(8-12(11)17)9-18(5)13(19)20/h6-8H,9H2,1-5H3,(H,19,20). The van der Waals surface area contributed by atoms with E-state index in [1.54, 1.807) is 12.1 Å². The van der Waals surface area contributed by atoms with Gasteiger partial charge in [0, 0.05) is 19.1 Å². The first-order chi connectivity index (χ1) is 10.0. The molecule has 22 heavy (non-hydrogen) atoms. The molecule has 1 heterocycles. The largest absolute Gasteiger partial charge is 0.497 e. The lowest BCUT2D eigenvalue weighted by Gasteiger charge is -2.32. The Morgan fingerprint density at radius 1 is 1.27 bits per heavy atom. The summed E-state index contributed by atoms with van der Waals surface area (Å²) in [6.07, 6.45) is -1.06. The molecule has 1 fully saturated rings. The molecular weight excluding hydrogens is 288 g/mol. The fourth-order valence-electron chi connectivity index (χ4n) is 2.17. The molecule has 0 radical (unpaired) electrons. The maximum atomic E-state index is 14.3. The van der Waals surface area contributed by atoms with E-state index in [9.17, 15) is 9.18 Å². The normalized spacial score (nSPS) is 19.3. The second-order valence-corrected chi connectivity index (χ2v) is 6.58. The molecule has 1 N–H and O–H groups in total. The van der Waals surface area contributed by atoms with Gasteiger partial charge >= 0.3 is 13.2 Å². The highest BCUT2D eigenvalue weighted by Gasteiger charge is 2.52. The number of halogens is 1. The minimum Gasteiger partial charge on any atom is -0.465 e. The Balaban J connectivity index is 2.19. The molecule has 1 aromatic rings. The smallest absolute Gasteiger partial charge is 0.465 e. The van der Waals surface area contributed by atoms with Gasteiger partial charge in [-0.25, -0.2) is 9.18 Å². The van der Waals surface area contributed by atoms with Crippen molar-refractivity contribution in [3.8, 4) is 0 Å². The molecule has 0 bridgehead atoms. The summed E-state index contributed by atoms with van der Waals surface area (Å²) in [5, 5.41) is 8.85. The van der Waals surface area contributed by atoms with Gasteiger partial charge in [-0.2, -0.15) is 0 Å². The Bertz CT molecular complexity index is 575. The zero-order valence-corrected chi connectivity index (χ0v) is 13.5. The summed E-state index contributed by atoms with van der Waals surface area (Å²) in [6.45, 7) is 7.74. The number of benzene rings is 1. The molecule has 1 saturated heterocycles. The van der Waals surface area contributed by atoms with Gasteiger partial charge in [0.2, 0.25) is 0 Å². The van der Waals surface area contributed by atoms with Crippen molar-refractivity contribution in [1.29, 1.82) is 0 Å². The average molecular weight is 309 g/mol. The van der Waals surface area contributed by atoms with Crippen LogP contribution in [0.25, 0.3) is 0 Å². The number of hydrogen-bond donors (Lipinski definition) is 1. The van der Waals surface area contributed by atoms with Crippen LogP contribution in [0.3, 0.4) is 0 Å². The predicted molar refractivity (Wildman–Crippen MR) is 81.6 cm³/mol. The maximum Gasteiger partial charge on any atom is 0.497 e. The summed E-state index contributed by atoms with van der Waals surface area (Å²) >= 11 is 0. The highest BCUT2D eigenvalue weighted by Crippen LogP contribution is 2.36. The number of carbonyl (C=O) groups is 1. The van der Waals surface area contributed by atoms with E-state index in [0.717, 1.165) is 4.90 Å². The number of nitrogens with zero attached hydrogens (tertiary/aromatic N) is 1. The van der Waals surface area contributed by atoms with E-state index in [2.05, 4.69) is 0 Å². The molecule has 7 heteroatoms. The van der Waals surface area contributed by atoms with E-state index in [1.165, 1.54) is 13.1 Å². The van der Waals surface area contributed by atoms with E-state index in [0.29, 0.717) is 11.0 Å². The molecule has 0 aliphatic carbocycles. The highest BCUT2D eigenvalue weighted by atomic mass is 19.1. The highest BCUT2D eigenvalue weighted by molar-refractivity contribution is 6.62. The molecule has 1 aromatic carbocycles. The molecule has 0 unspecified atom stereocenters. The summed E-state index contributed by atoms with van der Waals surface area (Å²) in [7, 11) is 0.666. The first-order valence-corrected chi connectivity index (χ1v) is 7.11. The van der Waals surface area contributed by atoms with Crippen molar-refractivity contribution in [3.05, 3.63) is 29.6 Å². The lowest BCUT2D eigenvalue weighted by Crippen LogP contribution is -2.41. The molecule has 0 spiro atoms. The number of carboxylic acid groups (broad SMARTS) is 1. The lowest BCUT2D eigenvalue weighted by atomic mass is 9.78. The van der Waals surface area contributed by atoms with E-state index >= 15 is 0 Å². The number of rotatable bonds is 3. The quantitative estimate of drug-likeness (QED) is 0.870. The van der Waals surface area contributed by atoms with Crippen molar-refractivity contribution in [1.82, 2.24) is 4.90 Å². The van der Waals surface area contributed by atoms with Gasteiger partial charge in [0.05, 0.1) is 11.2 Å². The Kier molecular flexibility index (Phi) is 4.23. The minimum atomic E-state index is -1.06. The summed E-state index contributed by atoms with van der Waals surface area (Å²) in [5.41, 5.74) is -0.179. The third-order valence-electron chi connectivity index (χ3n) is 4.32. The van der Waals surface area contributed by atoms with Crippen LogP contribution in [0.15, 0.2) is 18.2 Å². The predicted octanol–water partition coefficient (Wildman–Crippen LogP) is 2.23. The third kappa shape index (κ3) is 3.10. The monoisotopic (exact) mass is 309 g/mol. The van der Waals surface area contributed by atoms with Crippen molar-refractivity contribution >= 4 is 18.7 Å². The van der Waals surface area contributed by atoms with Crippen LogP contribution in [0.2, 0.25) is 0 Å². The molecule has 1 amide bonds. The fraction of sp³-hybridized carbons (Fsp3) is 0.533. The molecule has 0 atom stereocenters. The van der Waals surface area contributed by atoms with Crippen molar-refractivity contribution in [2.24, 2.45) is 0 Å². The summed E-state index contributed by atoms with van der Waals surface area (Å²) in [6, 6.07) is 4.59. The van der Waals surface area contributed by atoms with Gasteiger partial charge in [-0.3, -0.25) is 0 Å². The van der Waals surface area contributed by atoms with Gasteiger partial charge in [0.15, 0.2) is 0 Å². The zero-order chi connectivity index (χ0) is 16.7. The van der Waals surface area contributed by atoms with Gasteiger partial charge in [0.1, 0.15) is 5.82 Å². The van der Waals surface area contributed by atoms with Crippen LogP contribution < -0.4 is 5.46 Å². The van der Waals surface area contributed by atoms with Gasteiger partial charge in [-0.05, 0) is 39.3 Å². The molecule has 5 nitrogen and oxygen atoms in total. The molecule has 0 saturated carbocycles. The van der Waals surface area contributed by atoms with Crippen molar-refractivity contribution < 1.29 is 23.6 Å². The van der Waals surface area contributed by atoms with Crippen LogP contribution >= 0.6 is 0 Å². The molecule has 1 aliphatic heterocycles. The Hall–Kier alpha value is -1.60. The first kappa shape index (κ1) is 16.8. The average Bonchev–Trinajstić information content (AvgIpc) is 2.58. The molecule has 120 valence electrons. The van der Waals surface area contributed by atoms with E-state index in [-0.39, 0.29) is 6.54 Å². The summed E-state index contributed by atoms with van der Waals surface area (Å²) in [4.78, 5) is 11.9. The maximum absolute atomic E-state index is 14.3. The van der Waals surface area contributed by atoms with E-state index in [1.807, 2.05) is 27.7 Å². The molecular formula is C15H21BFNO4. The second-order valence-electron chi connectivity index (χ2n) is 6.58. The topological polar surface area (TPSA) is 59.0 Å². The summed E-state index contributed by atoms with van der Waals surface area (Å²) < 4.78 is 26.0. The fourth-order valence-corrected chi connectivity index (χ4v) is 2.17. The summed E-state index contributed by atoms with van der Waals surface area (Å²) in [5.74, 6) is -0.463. The Morgan fingerprint density at radius 2 is 1.82 bits per heavy atom. The van der Waals surface area contributed by atoms with Crippen LogP contribution in [-0.2, 0) is 15.9 Å². The molecule has 2 rings (SSSR count). The van der Waals surface area contributed by atoms with Crippen molar-refractivity contribution in [3.63, 3.8) is 0 Å². The third-order valence-corrected chi connectivity index (χ3v) is 4.32. The minimum absolute atomic E-state index is 0.121. The Morgan fingerprint density at radius 3 is 2.27 bits per heavy atom. The van der Waals surface area contributed by atoms with Gasteiger partial charge in [-0.15, -0.1) is 0 Å². The van der Waals surface area contributed by atoms with Gasteiger partial charge in [0.25, 0.3) is 0 Å². The second kappa shape index (κ2) is 5.55. The molecule has 1 aliphatic rings. The van der Waals surface area contributed by atoms with Crippen LogP contribution in [0.1, 0.15) is 33.3 Å². The first-order valence-electron chi connectivity index (χ1n) is 7.11. The van der Waals surface area contributed by atoms with Crippen LogP contribution in [-0.4, -0.2) is 41.5 Å². The van der Waals surface area contributed by atoms with Gasteiger partial charge < -0.3 is 19.3 Å². The van der Waals surface area contributed by atoms with Crippen molar-refractivity contribution in [2.75, 3.05) is 7.05 Å². The number of hydrogen-bond acceptors (Lipinski definition) is 3. The lowest BCUT2D eigenvalue weighted by molar-refractivity contribution is 0.00578. The number of amides is 1. The van der Waals surface area contributed by atoms with E-state index in [4.69, 9.17) is 14.4 Å². The van der Waals surface area contributed by atoms with Crippen LogP contribution in [0.5, 0.6) is 0 Å². The van der Waals surface area contributed by atoms with Gasteiger partial charge in [-0.1, -0.05) is 12.1 Å². The molecule has 0 aromatic heterocycles. The van der Waals surface area contributed by atoms with Crippen molar-refractivity contribution in [2.45, 2.75) is 45.4 Å².